The maximum Gasteiger partial charge on any atom is 0.353 e. The second-order valence-corrected chi connectivity index (χ2v) is 5.43. The number of hydrogen-bond acceptors (Lipinski definition) is 1. The van der Waals surface area contributed by atoms with E-state index in [9.17, 15) is 9.90 Å². The van der Waals surface area contributed by atoms with Crippen LogP contribution in [0.1, 0.15) is 21.6 Å². The highest BCUT2D eigenvalue weighted by molar-refractivity contribution is 6.09. The highest BCUT2D eigenvalue weighted by atomic mass is 16.4. The lowest BCUT2D eigenvalue weighted by molar-refractivity contribution is 0.0688. The van der Waals surface area contributed by atoms with Gasteiger partial charge in [0, 0.05) is 18.0 Å². The van der Waals surface area contributed by atoms with E-state index in [1.54, 1.807) is 4.57 Å². The fourth-order valence-electron chi connectivity index (χ4n) is 3.15. The number of carbonyl (C=O) groups is 1. The molecule has 0 amide bonds. The molecule has 0 aliphatic rings. The SMILES string of the molecule is Cc1cc(C)c2c(c1)c(-c1ccccc1)c(C(=O)O)n2C. The van der Waals surface area contributed by atoms with Crippen LogP contribution in [0.3, 0.4) is 0 Å². The van der Waals surface area contributed by atoms with Gasteiger partial charge in [-0.05, 0) is 31.0 Å². The summed E-state index contributed by atoms with van der Waals surface area (Å²) < 4.78 is 1.79. The first-order chi connectivity index (χ1) is 10.0. The summed E-state index contributed by atoms with van der Waals surface area (Å²) in [5.41, 5.74) is 5.29. The lowest BCUT2D eigenvalue weighted by Gasteiger charge is -2.03. The van der Waals surface area contributed by atoms with Crippen molar-refractivity contribution >= 4 is 16.9 Å². The Morgan fingerprint density at radius 1 is 1.10 bits per heavy atom. The molecule has 3 aromatic rings. The molecule has 0 saturated carbocycles. The van der Waals surface area contributed by atoms with Crippen molar-refractivity contribution < 1.29 is 9.90 Å². The van der Waals surface area contributed by atoms with Gasteiger partial charge < -0.3 is 9.67 Å². The topological polar surface area (TPSA) is 42.2 Å². The van der Waals surface area contributed by atoms with Gasteiger partial charge in [-0.15, -0.1) is 0 Å². The molecule has 3 nitrogen and oxygen atoms in total. The minimum absolute atomic E-state index is 0.338. The summed E-state index contributed by atoms with van der Waals surface area (Å²) in [5.74, 6) is -0.899. The third-order valence-electron chi connectivity index (χ3n) is 3.89. The first kappa shape index (κ1) is 13.4. The van der Waals surface area contributed by atoms with Crippen LogP contribution in [0.4, 0.5) is 0 Å². The van der Waals surface area contributed by atoms with Crippen molar-refractivity contribution in [2.24, 2.45) is 7.05 Å². The van der Waals surface area contributed by atoms with Gasteiger partial charge in [-0.25, -0.2) is 4.79 Å². The summed E-state index contributed by atoms with van der Waals surface area (Å²) in [6, 6.07) is 13.9. The summed E-state index contributed by atoms with van der Waals surface area (Å²) in [4.78, 5) is 11.8. The van der Waals surface area contributed by atoms with Gasteiger partial charge in [0.1, 0.15) is 5.69 Å². The van der Waals surface area contributed by atoms with Gasteiger partial charge in [0.25, 0.3) is 0 Å². The van der Waals surface area contributed by atoms with Crippen LogP contribution in [0.2, 0.25) is 0 Å². The van der Waals surface area contributed by atoms with E-state index in [-0.39, 0.29) is 0 Å². The number of nitrogens with zero attached hydrogens (tertiary/aromatic N) is 1. The third-order valence-corrected chi connectivity index (χ3v) is 3.89. The molecule has 0 spiro atoms. The molecule has 0 bridgehead atoms. The molecule has 1 aromatic heterocycles. The summed E-state index contributed by atoms with van der Waals surface area (Å²) >= 11 is 0. The minimum atomic E-state index is -0.899. The number of aromatic nitrogens is 1. The van der Waals surface area contributed by atoms with Crippen LogP contribution < -0.4 is 0 Å². The summed E-state index contributed by atoms with van der Waals surface area (Å²) in [7, 11) is 1.82. The van der Waals surface area contributed by atoms with E-state index < -0.39 is 5.97 Å². The molecule has 0 saturated heterocycles. The number of carboxylic acids is 1. The van der Waals surface area contributed by atoms with Crippen molar-refractivity contribution in [3.05, 3.63) is 59.3 Å². The van der Waals surface area contributed by atoms with Crippen LogP contribution in [0.25, 0.3) is 22.0 Å². The third kappa shape index (κ3) is 2.02. The number of aromatic carboxylic acids is 1. The van der Waals surface area contributed by atoms with E-state index in [1.807, 2.05) is 51.2 Å². The molecule has 0 radical (unpaired) electrons. The second kappa shape index (κ2) is 4.77. The molecule has 0 aliphatic carbocycles. The monoisotopic (exact) mass is 279 g/mol. The Labute approximate surface area is 123 Å². The van der Waals surface area contributed by atoms with Gasteiger partial charge in [-0.1, -0.05) is 42.0 Å². The minimum Gasteiger partial charge on any atom is -0.477 e. The number of carboxylic acid groups (broad SMARTS) is 1. The molecular weight excluding hydrogens is 262 g/mol. The van der Waals surface area contributed by atoms with E-state index in [0.29, 0.717) is 5.69 Å². The molecule has 21 heavy (non-hydrogen) atoms. The van der Waals surface area contributed by atoms with Crippen LogP contribution in [-0.2, 0) is 7.05 Å². The average molecular weight is 279 g/mol. The number of rotatable bonds is 2. The lowest BCUT2D eigenvalue weighted by atomic mass is 9.99. The van der Waals surface area contributed by atoms with Gasteiger partial charge in [-0.3, -0.25) is 0 Å². The molecular formula is C18H17NO2. The van der Waals surface area contributed by atoms with Crippen molar-refractivity contribution in [1.82, 2.24) is 4.57 Å². The molecule has 0 atom stereocenters. The molecule has 0 fully saturated rings. The van der Waals surface area contributed by atoms with Gasteiger partial charge in [0.15, 0.2) is 0 Å². The molecule has 3 rings (SSSR count). The largest absolute Gasteiger partial charge is 0.477 e. The smallest absolute Gasteiger partial charge is 0.353 e. The van der Waals surface area contributed by atoms with Crippen LogP contribution in [0, 0.1) is 13.8 Å². The highest BCUT2D eigenvalue weighted by Crippen LogP contribution is 2.36. The molecule has 2 aromatic carbocycles. The van der Waals surface area contributed by atoms with E-state index >= 15 is 0 Å². The Bertz CT molecular complexity index is 845. The van der Waals surface area contributed by atoms with E-state index in [2.05, 4.69) is 12.1 Å². The predicted octanol–water partition coefficient (Wildman–Crippen LogP) is 4.16. The fraction of sp³-hybridized carbons (Fsp3) is 0.167. The van der Waals surface area contributed by atoms with E-state index in [4.69, 9.17) is 0 Å². The summed E-state index contributed by atoms with van der Waals surface area (Å²) in [6.07, 6.45) is 0. The van der Waals surface area contributed by atoms with Crippen LogP contribution in [0.5, 0.6) is 0 Å². The first-order valence-electron chi connectivity index (χ1n) is 6.89. The number of fused-ring (bicyclic) bond motifs is 1. The quantitative estimate of drug-likeness (QED) is 0.765. The second-order valence-electron chi connectivity index (χ2n) is 5.43. The molecule has 3 heteroatoms. The van der Waals surface area contributed by atoms with Crippen molar-refractivity contribution in [2.45, 2.75) is 13.8 Å². The van der Waals surface area contributed by atoms with Gasteiger partial charge in [0.2, 0.25) is 0 Å². The molecule has 1 heterocycles. The van der Waals surface area contributed by atoms with Gasteiger partial charge in [0.05, 0.1) is 5.52 Å². The van der Waals surface area contributed by atoms with Gasteiger partial charge >= 0.3 is 5.97 Å². The lowest BCUT2D eigenvalue weighted by Crippen LogP contribution is -2.06. The number of aryl methyl sites for hydroxylation is 3. The Kier molecular flexibility index (Phi) is 3.05. The normalized spacial score (nSPS) is 11.0. The van der Waals surface area contributed by atoms with Crippen LogP contribution in [-0.4, -0.2) is 15.6 Å². The molecule has 1 N–H and O–H groups in total. The number of hydrogen-bond donors (Lipinski definition) is 1. The van der Waals surface area contributed by atoms with Crippen molar-refractivity contribution in [2.75, 3.05) is 0 Å². The first-order valence-corrected chi connectivity index (χ1v) is 6.89. The van der Waals surface area contributed by atoms with E-state index in [0.717, 1.165) is 33.2 Å². The zero-order chi connectivity index (χ0) is 15.1. The standard InChI is InChI=1S/C18H17NO2/c1-11-9-12(2)16-14(10-11)15(13-7-5-4-6-8-13)17(18(20)21)19(16)3/h4-10H,1-3H3,(H,20,21). The van der Waals surface area contributed by atoms with E-state index in [1.165, 1.54) is 0 Å². The van der Waals surface area contributed by atoms with Crippen molar-refractivity contribution in [3.63, 3.8) is 0 Å². The van der Waals surface area contributed by atoms with Gasteiger partial charge in [-0.2, -0.15) is 0 Å². The Morgan fingerprint density at radius 3 is 2.38 bits per heavy atom. The molecule has 0 unspecified atom stereocenters. The highest BCUT2D eigenvalue weighted by Gasteiger charge is 2.22. The predicted molar refractivity (Wildman–Crippen MR) is 84.8 cm³/mol. The zero-order valence-electron chi connectivity index (χ0n) is 12.3. The number of benzene rings is 2. The van der Waals surface area contributed by atoms with Crippen molar-refractivity contribution in [3.8, 4) is 11.1 Å². The fourth-order valence-corrected chi connectivity index (χ4v) is 3.15. The summed E-state index contributed by atoms with van der Waals surface area (Å²) in [5, 5.41) is 10.6. The maximum atomic E-state index is 11.8. The van der Waals surface area contributed by atoms with Crippen LogP contribution >= 0.6 is 0 Å². The zero-order valence-corrected chi connectivity index (χ0v) is 12.3. The Balaban J connectivity index is 2.52. The Hall–Kier alpha value is -2.55. The maximum absolute atomic E-state index is 11.8. The molecule has 0 aliphatic heterocycles. The molecule has 106 valence electrons. The Morgan fingerprint density at radius 2 is 1.76 bits per heavy atom. The van der Waals surface area contributed by atoms with Crippen LogP contribution in [0.15, 0.2) is 42.5 Å². The average Bonchev–Trinajstić information content (AvgIpc) is 2.72. The van der Waals surface area contributed by atoms with Crippen molar-refractivity contribution in [1.29, 1.82) is 0 Å². The summed E-state index contributed by atoms with van der Waals surface area (Å²) in [6.45, 7) is 4.06.